The molecule has 8 heteroatoms. The van der Waals surface area contributed by atoms with Gasteiger partial charge in [-0.25, -0.2) is 8.42 Å². The van der Waals surface area contributed by atoms with E-state index in [9.17, 15) is 8.42 Å². The van der Waals surface area contributed by atoms with Gasteiger partial charge < -0.3 is 5.11 Å². The van der Waals surface area contributed by atoms with Gasteiger partial charge in [0.05, 0.1) is 10.9 Å². The summed E-state index contributed by atoms with van der Waals surface area (Å²) in [6.07, 6.45) is 1.34. The SMILES string of the molecule is CCC(CC)N(CCO)S(=O)(=O)c1cc(Cl)sc1Cl. The zero-order chi connectivity index (χ0) is 14.6. The minimum Gasteiger partial charge on any atom is -0.395 e. The van der Waals surface area contributed by atoms with Crippen molar-refractivity contribution in [1.82, 2.24) is 4.31 Å². The standard InChI is InChI=1S/C11H17Cl2NO3S2/c1-3-8(4-2)14(5-6-15)19(16,17)9-7-10(12)18-11(9)13/h7-8,15H,3-6H2,1-2H3. The fourth-order valence-corrected chi connectivity index (χ4v) is 5.80. The van der Waals surface area contributed by atoms with Crippen LogP contribution in [-0.2, 0) is 10.0 Å². The minimum atomic E-state index is -3.73. The van der Waals surface area contributed by atoms with Gasteiger partial charge in [-0.05, 0) is 18.9 Å². The zero-order valence-electron chi connectivity index (χ0n) is 10.8. The number of aliphatic hydroxyl groups excluding tert-OH is 1. The molecule has 0 fully saturated rings. The van der Waals surface area contributed by atoms with Crippen LogP contribution in [0.2, 0.25) is 8.67 Å². The number of nitrogens with zero attached hydrogens (tertiary/aromatic N) is 1. The Balaban J connectivity index is 3.23. The van der Waals surface area contributed by atoms with Crippen molar-refractivity contribution in [2.24, 2.45) is 0 Å². The Hall–Kier alpha value is 0.150. The van der Waals surface area contributed by atoms with E-state index in [1.54, 1.807) is 0 Å². The summed E-state index contributed by atoms with van der Waals surface area (Å²) < 4.78 is 27.0. The lowest BCUT2D eigenvalue weighted by molar-refractivity contribution is 0.219. The molecule has 0 aliphatic carbocycles. The first-order valence-corrected chi connectivity index (χ1v) is 8.97. The van der Waals surface area contributed by atoms with E-state index >= 15 is 0 Å². The Bertz CT molecular complexity index is 512. The lowest BCUT2D eigenvalue weighted by Gasteiger charge is -2.28. The van der Waals surface area contributed by atoms with Gasteiger partial charge in [0, 0.05) is 12.6 Å². The van der Waals surface area contributed by atoms with Crippen LogP contribution in [-0.4, -0.2) is 37.0 Å². The maximum Gasteiger partial charge on any atom is 0.245 e. The normalized spacial score (nSPS) is 12.6. The second-order valence-corrected chi connectivity index (χ2v) is 8.14. The Morgan fingerprint density at radius 3 is 2.32 bits per heavy atom. The molecule has 0 unspecified atom stereocenters. The lowest BCUT2D eigenvalue weighted by atomic mass is 10.2. The molecule has 0 saturated heterocycles. The highest BCUT2D eigenvalue weighted by Crippen LogP contribution is 2.36. The van der Waals surface area contributed by atoms with Gasteiger partial charge >= 0.3 is 0 Å². The van der Waals surface area contributed by atoms with E-state index < -0.39 is 10.0 Å². The lowest BCUT2D eigenvalue weighted by Crippen LogP contribution is -2.41. The molecule has 0 aromatic carbocycles. The predicted molar refractivity (Wildman–Crippen MR) is 79.7 cm³/mol. The molecule has 1 aromatic rings. The van der Waals surface area contributed by atoms with Crippen molar-refractivity contribution in [3.8, 4) is 0 Å². The van der Waals surface area contributed by atoms with E-state index in [2.05, 4.69) is 0 Å². The summed E-state index contributed by atoms with van der Waals surface area (Å²) in [5.41, 5.74) is 0. The summed E-state index contributed by atoms with van der Waals surface area (Å²) in [5, 5.41) is 9.10. The molecule has 0 aliphatic rings. The third-order valence-corrected chi connectivity index (χ3v) is 6.59. The van der Waals surface area contributed by atoms with Crippen molar-refractivity contribution in [2.75, 3.05) is 13.2 Å². The van der Waals surface area contributed by atoms with Crippen molar-refractivity contribution in [1.29, 1.82) is 0 Å². The van der Waals surface area contributed by atoms with Crippen molar-refractivity contribution in [3.05, 3.63) is 14.7 Å². The van der Waals surface area contributed by atoms with E-state index in [4.69, 9.17) is 28.3 Å². The largest absolute Gasteiger partial charge is 0.395 e. The van der Waals surface area contributed by atoms with Crippen molar-refractivity contribution >= 4 is 44.6 Å². The fourth-order valence-electron chi connectivity index (χ4n) is 1.92. The van der Waals surface area contributed by atoms with Gasteiger partial charge in [0.15, 0.2) is 0 Å². The third kappa shape index (κ3) is 3.83. The van der Waals surface area contributed by atoms with Crippen LogP contribution in [0.1, 0.15) is 26.7 Å². The van der Waals surface area contributed by atoms with Crippen LogP contribution in [0.15, 0.2) is 11.0 Å². The Labute approximate surface area is 128 Å². The number of thiophene rings is 1. The fraction of sp³-hybridized carbons (Fsp3) is 0.636. The van der Waals surface area contributed by atoms with Crippen LogP contribution in [0.4, 0.5) is 0 Å². The molecule has 19 heavy (non-hydrogen) atoms. The highest BCUT2D eigenvalue weighted by Gasteiger charge is 2.32. The van der Waals surface area contributed by atoms with Gasteiger partial charge in [-0.15, -0.1) is 11.3 Å². The third-order valence-electron chi connectivity index (χ3n) is 2.88. The number of halogens is 2. The summed E-state index contributed by atoms with van der Waals surface area (Å²) in [6, 6.07) is 1.20. The van der Waals surface area contributed by atoms with Gasteiger partial charge in [0.1, 0.15) is 9.23 Å². The Kier molecular flexibility index (Phi) is 6.56. The van der Waals surface area contributed by atoms with Crippen LogP contribution in [0, 0.1) is 0 Å². The quantitative estimate of drug-likeness (QED) is 0.825. The summed E-state index contributed by atoms with van der Waals surface area (Å²) in [6.45, 7) is 3.65. The highest BCUT2D eigenvalue weighted by molar-refractivity contribution is 7.89. The number of rotatable bonds is 7. The minimum absolute atomic E-state index is 0.0181. The first kappa shape index (κ1) is 17.2. The number of hydrogen-bond donors (Lipinski definition) is 1. The first-order valence-electron chi connectivity index (χ1n) is 5.95. The molecular weight excluding hydrogens is 329 g/mol. The van der Waals surface area contributed by atoms with E-state index in [1.165, 1.54) is 10.4 Å². The average molecular weight is 346 g/mol. The van der Waals surface area contributed by atoms with Crippen LogP contribution in [0.3, 0.4) is 0 Å². The van der Waals surface area contributed by atoms with Gasteiger partial charge in [0.2, 0.25) is 10.0 Å². The molecule has 0 radical (unpaired) electrons. The second-order valence-electron chi connectivity index (χ2n) is 4.00. The van der Waals surface area contributed by atoms with Gasteiger partial charge in [-0.3, -0.25) is 0 Å². The highest BCUT2D eigenvalue weighted by atomic mass is 35.5. The molecule has 0 atom stereocenters. The molecule has 0 aliphatic heterocycles. The predicted octanol–water partition coefficient (Wildman–Crippen LogP) is 3.23. The maximum atomic E-state index is 12.6. The molecule has 1 N–H and O–H groups in total. The maximum absolute atomic E-state index is 12.6. The smallest absolute Gasteiger partial charge is 0.245 e. The molecule has 0 bridgehead atoms. The van der Waals surface area contributed by atoms with E-state index in [0.29, 0.717) is 17.2 Å². The van der Waals surface area contributed by atoms with Gasteiger partial charge in [0.25, 0.3) is 0 Å². The van der Waals surface area contributed by atoms with Crippen molar-refractivity contribution < 1.29 is 13.5 Å². The molecule has 1 rings (SSSR count). The molecule has 4 nitrogen and oxygen atoms in total. The number of aliphatic hydroxyl groups is 1. The molecule has 0 saturated carbocycles. The monoisotopic (exact) mass is 345 g/mol. The van der Waals surface area contributed by atoms with Crippen LogP contribution in [0.5, 0.6) is 0 Å². The van der Waals surface area contributed by atoms with E-state index in [0.717, 1.165) is 11.3 Å². The first-order chi connectivity index (χ1) is 8.88. The van der Waals surface area contributed by atoms with Crippen LogP contribution in [0.25, 0.3) is 0 Å². The van der Waals surface area contributed by atoms with Gasteiger partial charge in [-0.2, -0.15) is 4.31 Å². The van der Waals surface area contributed by atoms with Gasteiger partial charge in [-0.1, -0.05) is 37.0 Å². The van der Waals surface area contributed by atoms with E-state index in [1.807, 2.05) is 13.8 Å². The van der Waals surface area contributed by atoms with Crippen LogP contribution >= 0.6 is 34.5 Å². The number of sulfonamides is 1. The Morgan fingerprint density at radius 2 is 1.95 bits per heavy atom. The second kappa shape index (κ2) is 7.24. The number of hydrogen-bond acceptors (Lipinski definition) is 4. The molecule has 1 aromatic heterocycles. The molecule has 1 heterocycles. The molecule has 110 valence electrons. The van der Waals surface area contributed by atoms with Crippen molar-refractivity contribution in [2.45, 2.75) is 37.6 Å². The Morgan fingerprint density at radius 1 is 1.37 bits per heavy atom. The van der Waals surface area contributed by atoms with Crippen LogP contribution < -0.4 is 0 Å². The molecule has 0 spiro atoms. The summed E-state index contributed by atoms with van der Waals surface area (Å²) in [4.78, 5) is 0.0181. The topological polar surface area (TPSA) is 57.6 Å². The summed E-state index contributed by atoms with van der Waals surface area (Å²) in [7, 11) is -3.73. The van der Waals surface area contributed by atoms with E-state index in [-0.39, 0.29) is 28.4 Å². The van der Waals surface area contributed by atoms with Crippen molar-refractivity contribution in [3.63, 3.8) is 0 Å². The zero-order valence-corrected chi connectivity index (χ0v) is 13.9. The average Bonchev–Trinajstić information content (AvgIpc) is 2.69. The molecular formula is C11H17Cl2NO3S2. The summed E-state index contributed by atoms with van der Waals surface area (Å²) in [5.74, 6) is 0. The molecule has 0 amide bonds. The summed E-state index contributed by atoms with van der Waals surface area (Å²) >= 11 is 12.8.